The Bertz CT molecular complexity index is 827. The summed E-state index contributed by atoms with van der Waals surface area (Å²) in [5.41, 5.74) is 2.21. The Morgan fingerprint density at radius 1 is 1.15 bits per heavy atom. The molecule has 1 spiro atoms. The Morgan fingerprint density at radius 3 is 2.52 bits per heavy atom. The Kier molecular flexibility index (Phi) is 4.62. The molecule has 2 fully saturated rings. The molecule has 5 heteroatoms. The lowest BCUT2D eigenvalue weighted by atomic mass is 9.81. The second-order valence-corrected chi connectivity index (χ2v) is 7.89. The highest BCUT2D eigenvalue weighted by molar-refractivity contribution is 5.87. The number of anilines is 1. The van der Waals surface area contributed by atoms with Crippen molar-refractivity contribution in [3.63, 3.8) is 0 Å². The molecule has 0 N–H and O–H groups in total. The zero-order chi connectivity index (χ0) is 19.0. The number of hydrogen-bond acceptors (Lipinski definition) is 4. The van der Waals surface area contributed by atoms with Crippen LogP contribution in [0.5, 0.6) is 0 Å². The molecule has 5 nitrogen and oxygen atoms in total. The third-order valence-corrected chi connectivity index (χ3v) is 6.38. The number of amides is 1. The van der Waals surface area contributed by atoms with E-state index in [-0.39, 0.29) is 17.4 Å². The number of rotatable bonds is 3. The zero-order valence-electron chi connectivity index (χ0n) is 16.5. The summed E-state index contributed by atoms with van der Waals surface area (Å²) in [6.45, 7) is 5.94. The molecule has 142 valence electrons. The van der Waals surface area contributed by atoms with Crippen molar-refractivity contribution in [3.8, 4) is 0 Å². The summed E-state index contributed by atoms with van der Waals surface area (Å²) in [6.07, 6.45) is 3.82. The third-order valence-electron chi connectivity index (χ3n) is 6.38. The highest BCUT2D eigenvalue weighted by Gasteiger charge is 2.50. The lowest BCUT2D eigenvalue weighted by Gasteiger charge is -2.44. The molecule has 2 aliphatic rings. The van der Waals surface area contributed by atoms with Crippen LogP contribution in [-0.4, -0.2) is 46.5 Å². The van der Waals surface area contributed by atoms with Gasteiger partial charge in [0.2, 0.25) is 5.91 Å². The van der Waals surface area contributed by atoms with Crippen molar-refractivity contribution in [1.29, 1.82) is 0 Å². The average Bonchev–Trinajstić information content (AvgIpc) is 2.94. The quantitative estimate of drug-likeness (QED) is 0.838. The average molecular weight is 364 g/mol. The van der Waals surface area contributed by atoms with Crippen LogP contribution in [0.4, 0.5) is 5.82 Å². The normalized spacial score (nSPS) is 21.9. The van der Waals surface area contributed by atoms with Gasteiger partial charge in [0.15, 0.2) is 0 Å². The van der Waals surface area contributed by atoms with Crippen molar-refractivity contribution in [2.24, 2.45) is 0 Å². The maximum absolute atomic E-state index is 13.0. The predicted octanol–water partition coefficient (Wildman–Crippen LogP) is 3.33. The molecule has 1 unspecified atom stereocenters. The number of hydrogen-bond donors (Lipinski definition) is 0. The molecular formula is C22H28N4O. The van der Waals surface area contributed by atoms with Gasteiger partial charge in [-0.05, 0) is 38.2 Å². The van der Waals surface area contributed by atoms with E-state index in [9.17, 15) is 4.79 Å². The van der Waals surface area contributed by atoms with Gasteiger partial charge in [-0.3, -0.25) is 4.79 Å². The number of carbonyl (C=O) groups excluding carboxylic acids is 1. The topological polar surface area (TPSA) is 49.3 Å². The zero-order valence-corrected chi connectivity index (χ0v) is 16.5. The van der Waals surface area contributed by atoms with Crippen molar-refractivity contribution in [3.05, 3.63) is 53.5 Å². The molecule has 1 aromatic carbocycles. The molecule has 2 aliphatic heterocycles. The summed E-state index contributed by atoms with van der Waals surface area (Å²) in [6, 6.07) is 12.3. The first kappa shape index (κ1) is 18.0. The van der Waals surface area contributed by atoms with E-state index in [4.69, 9.17) is 0 Å². The van der Waals surface area contributed by atoms with Gasteiger partial charge in [-0.15, -0.1) is 0 Å². The first-order valence-electron chi connectivity index (χ1n) is 9.94. The first-order chi connectivity index (χ1) is 13.0. The summed E-state index contributed by atoms with van der Waals surface area (Å²) in [5.74, 6) is 2.12. The standard InChI is InChI=1S/C22H28N4O/c1-4-18-14-20(24-16(2)23-18)26-12-10-22(11-13-26)15-19(21(27)25(22)3)17-8-6-5-7-9-17/h5-9,14,19H,4,10-13,15H2,1-3H3. The molecule has 1 atom stereocenters. The van der Waals surface area contributed by atoms with E-state index in [0.717, 1.165) is 61.7 Å². The van der Waals surface area contributed by atoms with Gasteiger partial charge < -0.3 is 9.80 Å². The number of aryl methyl sites for hydroxylation is 2. The fourth-order valence-electron chi connectivity index (χ4n) is 4.66. The largest absolute Gasteiger partial charge is 0.356 e. The van der Waals surface area contributed by atoms with E-state index < -0.39 is 0 Å². The second kappa shape index (κ2) is 6.95. The Hall–Kier alpha value is -2.43. The molecule has 1 aromatic heterocycles. The van der Waals surface area contributed by atoms with E-state index in [1.165, 1.54) is 0 Å². The minimum Gasteiger partial charge on any atom is -0.356 e. The van der Waals surface area contributed by atoms with Crippen molar-refractivity contribution < 1.29 is 4.79 Å². The Balaban J connectivity index is 1.51. The van der Waals surface area contributed by atoms with Crippen LogP contribution in [0.15, 0.2) is 36.4 Å². The molecule has 0 aliphatic carbocycles. The van der Waals surface area contributed by atoms with Gasteiger partial charge in [-0.2, -0.15) is 0 Å². The van der Waals surface area contributed by atoms with E-state index in [2.05, 4.69) is 40.0 Å². The maximum Gasteiger partial charge on any atom is 0.230 e. The second-order valence-electron chi connectivity index (χ2n) is 7.89. The third kappa shape index (κ3) is 3.20. The van der Waals surface area contributed by atoms with Crippen LogP contribution in [0.2, 0.25) is 0 Å². The molecule has 27 heavy (non-hydrogen) atoms. The van der Waals surface area contributed by atoms with Gasteiger partial charge in [-0.25, -0.2) is 9.97 Å². The molecule has 0 bridgehead atoms. The number of benzene rings is 1. The number of likely N-dealkylation sites (N-methyl/N-ethyl adjacent to an activating group) is 1. The van der Waals surface area contributed by atoms with Crippen LogP contribution in [0.25, 0.3) is 0 Å². The monoisotopic (exact) mass is 364 g/mol. The molecule has 0 saturated carbocycles. The van der Waals surface area contributed by atoms with Gasteiger partial charge in [0.25, 0.3) is 0 Å². The summed E-state index contributed by atoms with van der Waals surface area (Å²) < 4.78 is 0. The SMILES string of the molecule is CCc1cc(N2CCC3(CC2)CC(c2ccccc2)C(=O)N3C)nc(C)n1. The van der Waals surface area contributed by atoms with Crippen LogP contribution in [0.1, 0.15) is 49.2 Å². The van der Waals surface area contributed by atoms with E-state index in [1.807, 2.05) is 37.1 Å². The molecule has 4 rings (SSSR count). The number of carbonyl (C=O) groups is 1. The van der Waals surface area contributed by atoms with E-state index >= 15 is 0 Å². The molecular weight excluding hydrogens is 336 g/mol. The van der Waals surface area contributed by atoms with Crippen molar-refractivity contribution >= 4 is 11.7 Å². The number of likely N-dealkylation sites (tertiary alicyclic amines) is 1. The lowest BCUT2D eigenvalue weighted by molar-refractivity contribution is -0.131. The molecule has 1 amide bonds. The minimum atomic E-state index is -0.0241. The minimum absolute atomic E-state index is 0.00395. The van der Waals surface area contributed by atoms with Crippen LogP contribution in [-0.2, 0) is 11.2 Å². The summed E-state index contributed by atoms with van der Waals surface area (Å²) in [5, 5.41) is 0. The fourth-order valence-corrected chi connectivity index (χ4v) is 4.66. The lowest BCUT2D eigenvalue weighted by Crippen LogP contribution is -2.51. The first-order valence-corrected chi connectivity index (χ1v) is 9.94. The van der Waals surface area contributed by atoms with Gasteiger partial charge in [0.05, 0.1) is 5.92 Å². The number of piperidine rings is 1. The molecule has 0 radical (unpaired) electrons. The van der Waals surface area contributed by atoms with Gasteiger partial charge in [0, 0.05) is 37.4 Å². The maximum atomic E-state index is 13.0. The van der Waals surface area contributed by atoms with Gasteiger partial charge >= 0.3 is 0 Å². The number of aromatic nitrogens is 2. The van der Waals surface area contributed by atoms with Gasteiger partial charge in [-0.1, -0.05) is 37.3 Å². The van der Waals surface area contributed by atoms with Crippen LogP contribution < -0.4 is 4.90 Å². The van der Waals surface area contributed by atoms with Crippen molar-refractivity contribution in [2.75, 3.05) is 25.0 Å². The summed E-state index contributed by atoms with van der Waals surface area (Å²) in [7, 11) is 1.99. The van der Waals surface area contributed by atoms with Gasteiger partial charge in [0.1, 0.15) is 11.6 Å². The summed E-state index contributed by atoms with van der Waals surface area (Å²) >= 11 is 0. The van der Waals surface area contributed by atoms with E-state index in [1.54, 1.807) is 0 Å². The Morgan fingerprint density at radius 2 is 1.85 bits per heavy atom. The summed E-state index contributed by atoms with van der Waals surface area (Å²) in [4.78, 5) is 26.5. The number of nitrogens with zero attached hydrogens (tertiary/aromatic N) is 4. The molecule has 2 saturated heterocycles. The Labute approximate surface area is 161 Å². The van der Waals surface area contributed by atoms with Crippen LogP contribution in [0, 0.1) is 6.92 Å². The molecule has 3 heterocycles. The van der Waals surface area contributed by atoms with Crippen molar-refractivity contribution in [2.45, 2.75) is 51.0 Å². The van der Waals surface area contributed by atoms with Crippen molar-refractivity contribution in [1.82, 2.24) is 14.9 Å². The fraction of sp³-hybridized carbons (Fsp3) is 0.500. The van der Waals surface area contributed by atoms with E-state index in [0.29, 0.717) is 0 Å². The van der Waals surface area contributed by atoms with Crippen LogP contribution in [0.3, 0.4) is 0 Å². The molecule has 2 aromatic rings. The highest BCUT2D eigenvalue weighted by Crippen LogP contribution is 2.45. The van der Waals surface area contributed by atoms with Crippen LogP contribution >= 0.6 is 0 Å². The predicted molar refractivity (Wildman–Crippen MR) is 107 cm³/mol. The highest BCUT2D eigenvalue weighted by atomic mass is 16.2. The smallest absolute Gasteiger partial charge is 0.230 e.